The van der Waals surface area contributed by atoms with Gasteiger partial charge < -0.3 is 10.2 Å². The minimum Gasteiger partial charge on any atom is -0.352 e. The zero-order valence-corrected chi connectivity index (χ0v) is 23.0. The summed E-state index contributed by atoms with van der Waals surface area (Å²) in [5, 5.41) is 3.42. The van der Waals surface area contributed by atoms with E-state index in [0.717, 1.165) is 28.1 Å². The molecule has 2 aromatic carbocycles. The fourth-order valence-electron chi connectivity index (χ4n) is 3.66. The van der Waals surface area contributed by atoms with Crippen LogP contribution in [0, 0.1) is 6.92 Å². The van der Waals surface area contributed by atoms with E-state index >= 15 is 0 Å². The second kappa shape index (κ2) is 12.6. The number of hydrogen-bond acceptors (Lipinski definition) is 4. The van der Waals surface area contributed by atoms with Gasteiger partial charge in [-0.05, 0) is 50.5 Å². The van der Waals surface area contributed by atoms with Gasteiger partial charge in [0.05, 0.1) is 11.9 Å². The number of nitrogens with zero attached hydrogens (tertiary/aromatic N) is 2. The summed E-state index contributed by atoms with van der Waals surface area (Å²) in [5.41, 5.74) is 2.02. The number of hydrogen-bond donors (Lipinski definition) is 1. The first-order valence-corrected chi connectivity index (χ1v) is 14.0. The molecule has 2 aromatic rings. The molecule has 0 radical (unpaired) electrons. The Kier molecular flexibility index (Phi) is 10.4. The fourth-order valence-corrected chi connectivity index (χ4v) is 5.01. The SMILES string of the molecule is CC[C@@H](C)NC(=O)[C@H](CC)N(Cc1cccc(C)c1)C(=O)CN(c1cc(Cl)cc(Cl)c1)S(C)(=O)=O. The molecule has 0 aliphatic heterocycles. The summed E-state index contributed by atoms with van der Waals surface area (Å²) >= 11 is 12.2. The maximum atomic E-state index is 13.7. The van der Waals surface area contributed by atoms with Gasteiger partial charge >= 0.3 is 0 Å². The van der Waals surface area contributed by atoms with E-state index in [-0.39, 0.29) is 34.2 Å². The molecule has 1 N–H and O–H groups in total. The average Bonchev–Trinajstić information content (AvgIpc) is 2.75. The lowest BCUT2D eigenvalue weighted by Gasteiger charge is -2.33. The predicted molar refractivity (Wildman–Crippen MR) is 142 cm³/mol. The van der Waals surface area contributed by atoms with Crippen LogP contribution in [-0.4, -0.2) is 50.0 Å². The number of sulfonamides is 1. The molecule has 0 heterocycles. The lowest BCUT2D eigenvalue weighted by atomic mass is 10.1. The fraction of sp³-hybridized carbons (Fsp3) is 0.440. The van der Waals surface area contributed by atoms with Gasteiger partial charge in [0, 0.05) is 22.6 Å². The molecule has 0 fully saturated rings. The van der Waals surface area contributed by atoms with E-state index in [1.807, 2.05) is 52.0 Å². The highest BCUT2D eigenvalue weighted by atomic mass is 35.5. The van der Waals surface area contributed by atoms with Crippen LogP contribution in [0.2, 0.25) is 10.0 Å². The van der Waals surface area contributed by atoms with E-state index in [1.54, 1.807) is 0 Å². The van der Waals surface area contributed by atoms with Crippen molar-refractivity contribution in [1.82, 2.24) is 10.2 Å². The third-order valence-corrected chi connectivity index (χ3v) is 7.21. The summed E-state index contributed by atoms with van der Waals surface area (Å²) in [6.07, 6.45) is 2.11. The molecular formula is C25H33Cl2N3O4S. The van der Waals surface area contributed by atoms with Crippen LogP contribution in [0.15, 0.2) is 42.5 Å². The third-order valence-electron chi connectivity index (χ3n) is 5.64. The Balaban J connectivity index is 2.47. The zero-order valence-electron chi connectivity index (χ0n) is 20.7. The van der Waals surface area contributed by atoms with Crippen LogP contribution < -0.4 is 9.62 Å². The minimum absolute atomic E-state index is 0.0615. The first kappa shape index (κ1) is 28.9. The molecule has 0 unspecified atom stereocenters. The van der Waals surface area contributed by atoms with Crippen LogP contribution in [0.4, 0.5) is 5.69 Å². The summed E-state index contributed by atoms with van der Waals surface area (Å²) < 4.78 is 26.3. The molecular weight excluding hydrogens is 509 g/mol. The average molecular weight is 543 g/mol. The van der Waals surface area contributed by atoms with Gasteiger partial charge in [0.2, 0.25) is 21.8 Å². The number of halogens is 2. The Labute approximate surface area is 218 Å². The lowest BCUT2D eigenvalue weighted by molar-refractivity contribution is -0.140. The molecule has 2 amide bonds. The topological polar surface area (TPSA) is 86.8 Å². The Morgan fingerprint density at radius 3 is 2.17 bits per heavy atom. The van der Waals surface area contributed by atoms with E-state index in [4.69, 9.17) is 23.2 Å². The molecule has 192 valence electrons. The first-order chi connectivity index (χ1) is 16.3. The highest BCUT2D eigenvalue weighted by Crippen LogP contribution is 2.27. The molecule has 0 saturated heterocycles. The molecule has 2 atom stereocenters. The normalized spacial score (nSPS) is 13.1. The second-order valence-electron chi connectivity index (χ2n) is 8.65. The molecule has 7 nitrogen and oxygen atoms in total. The number of benzene rings is 2. The smallest absolute Gasteiger partial charge is 0.244 e. The number of carbonyl (C=O) groups excluding carboxylic acids is 2. The number of amides is 2. The summed E-state index contributed by atoms with van der Waals surface area (Å²) in [4.78, 5) is 28.2. The molecule has 35 heavy (non-hydrogen) atoms. The van der Waals surface area contributed by atoms with Crippen molar-refractivity contribution in [3.05, 3.63) is 63.6 Å². The maximum absolute atomic E-state index is 13.7. The Morgan fingerprint density at radius 1 is 1.03 bits per heavy atom. The summed E-state index contributed by atoms with van der Waals surface area (Å²) in [5.74, 6) is -0.793. The van der Waals surface area contributed by atoms with Gasteiger partial charge in [0.1, 0.15) is 12.6 Å². The van der Waals surface area contributed by atoms with Crippen molar-refractivity contribution in [2.45, 2.75) is 59.2 Å². The van der Waals surface area contributed by atoms with E-state index in [2.05, 4.69) is 5.32 Å². The van der Waals surface area contributed by atoms with E-state index in [1.165, 1.54) is 23.1 Å². The first-order valence-electron chi connectivity index (χ1n) is 11.4. The van der Waals surface area contributed by atoms with Gasteiger partial charge in [0.15, 0.2) is 0 Å². The molecule has 0 spiro atoms. The van der Waals surface area contributed by atoms with Gasteiger partial charge in [-0.15, -0.1) is 0 Å². The van der Waals surface area contributed by atoms with Crippen LogP contribution in [0.1, 0.15) is 44.7 Å². The van der Waals surface area contributed by atoms with Crippen molar-refractivity contribution in [3.63, 3.8) is 0 Å². The van der Waals surface area contributed by atoms with Crippen molar-refractivity contribution in [2.75, 3.05) is 17.1 Å². The van der Waals surface area contributed by atoms with Gasteiger partial charge in [-0.1, -0.05) is 66.9 Å². The van der Waals surface area contributed by atoms with Gasteiger partial charge in [-0.25, -0.2) is 8.42 Å². The molecule has 0 saturated carbocycles. The quantitative estimate of drug-likeness (QED) is 0.443. The highest BCUT2D eigenvalue weighted by Gasteiger charge is 2.32. The minimum atomic E-state index is -3.87. The molecule has 2 rings (SSSR count). The van der Waals surface area contributed by atoms with Crippen molar-refractivity contribution >= 4 is 50.7 Å². The maximum Gasteiger partial charge on any atom is 0.244 e. The monoisotopic (exact) mass is 541 g/mol. The molecule has 0 aliphatic rings. The van der Waals surface area contributed by atoms with Crippen LogP contribution in [0.25, 0.3) is 0 Å². The Hall–Kier alpha value is -2.29. The van der Waals surface area contributed by atoms with Crippen molar-refractivity contribution in [2.24, 2.45) is 0 Å². The van der Waals surface area contributed by atoms with Gasteiger partial charge in [-0.3, -0.25) is 13.9 Å². The second-order valence-corrected chi connectivity index (χ2v) is 11.4. The summed E-state index contributed by atoms with van der Waals surface area (Å²) in [6.45, 7) is 7.27. The number of aryl methyl sites for hydroxylation is 1. The molecule has 0 bridgehead atoms. The van der Waals surface area contributed by atoms with Gasteiger partial charge in [0.25, 0.3) is 0 Å². The Bertz CT molecular complexity index is 1140. The lowest BCUT2D eigenvalue weighted by Crippen LogP contribution is -2.53. The highest BCUT2D eigenvalue weighted by molar-refractivity contribution is 7.92. The zero-order chi connectivity index (χ0) is 26.3. The van der Waals surface area contributed by atoms with Crippen LogP contribution in [0.5, 0.6) is 0 Å². The van der Waals surface area contributed by atoms with Crippen molar-refractivity contribution < 1.29 is 18.0 Å². The standard InChI is InChI=1S/C25H33Cl2N3O4S/c1-6-18(4)28-25(32)23(7-2)29(15-19-10-8-9-17(3)11-19)24(31)16-30(35(5,33)34)22-13-20(26)12-21(27)14-22/h8-14,18,23H,6-7,15-16H2,1-5H3,(H,28,32)/t18-,23+/m1/s1. The van der Waals surface area contributed by atoms with E-state index < -0.39 is 28.5 Å². The third kappa shape index (κ3) is 8.40. The largest absolute Gasteiger partial charge is 0.352 e. The number of rotatable bonds is 11. The number of carbonyl (C=O) groups is 2. The van der Waals surface area contributed by atoms with Crippen LogP contribution in [-0.2, 0) is 26.2 Å². The number of anilines is 1. The molecule has 10 heteroatoms. The van der Waals surface area contributed by atoms with E-state index in [9.17, 15) is 18.0 Å². The van der Waals surface area contributed by atoms with Crippen LogP contribution in [0.3, 0.4) is 0 Å². The molecule has 0 aromatic heterocycles. The van der Waals surface area contributed by atoms with E-state index in [0.29, 0.717) is 6.42 Å². The summed E-state index contributed by atoms with van der Waals surface area (Å²) in [6, 6.07) is 11.1. The van der Waals surface area contributed by atoms with Crippen molar-refractivity contribution in [3.8, 4) is 0 Å². The van der Waals surface area contributed by atoms with Crippen molar-refractivity contribution in [1.29, 1.82) is 0 Å². The Morgan fingerprint density at radius 2 is 1.66 bits per heavy atom. The van der Waals surface area contributed by atoms with Crippen LogP contribution >= 0.6 is 23.2 Å². The summed E-state index contributed by atoms with van der Waals surface area (Å²) in [7, 11) is -3.87. The molecule has 0 aliphatic carbocycles. The van der Waals surface area contributed by atoms with Gasteiger partial charge in [-0.2, -0.15) is 0 Å². The number of nitrogens with one attached hydrogen (secondary N) is 1. The predicted octanol–water partition coefficient (Wildman–Crippen LogP) is 4.79.